The van der Waals surface area contributed by atoms with Gasteiger partial charge in [0, 0.05) is 33.0 Å². The van der Waals surface area contributed by atoms with Gasteiger partial charge in [0.1, 0.15) is 16.8 Å². The fourth-order valence-electron chi connectivity index (χ4n) is 6.90. The lowest BCUT2D eigenvalue weighted by molar-refractivity contribution is 0.667. The Kier molecular flexibility index (Phi) is 6.74. The first-order valence-electron chi connectivity index (χ1n) is 17.0. The van der Waals surface area contributed by atoms with Crippen LogP contribution in [0.1, 0.15) is 0 Å². The van der Waals surface area contributed by atoms with Gasteiger partial charge in [0.05, 0.1) is 11.2 Å². The molecule has 3 heterocycles. The number of nitrogens with zero attached hydrogens (tertiary/aromatic N) is 4. The molecule has 0 unspecified atom stereocenters. The summed E-state index contributed by atoms with van der Waals surface area (Å²) in [5, 5.41) is 4.39. The van der Waals surface area contributed by atoms with E-state index in [-0.39, 0.29) is 0 Å². The van der Waals surface area contributed by atoms with E-state index in [1.807, 2.05) is 66.7 Å². The lowest BCUT2D eigenvalue weighted by Gasteiger charge is -2.10. The summed E-state index contributed by atoms with van der Waals surface area (Å²) in [4.78, 5) is 20.2. The van der Waals surface area contributed by atoms with E-state index >= 15 is 0 Å². The van der Waals surface area contributed by atoms with Gasteiger partial charge in [-0.2, -0.15) is 0 Å². The van der Waals surface area contributed by atoms with Gasteiger partial charge in [-0.05, 0) is 46.2 Å². The van der Waals surface area contributed by atoms with Crippen molar-refractivity contribution in [3.63, 3.8) is 0 Å². The van der Waals surface area contributed by atoms with E-state index in [2.05, 4.69) is 103 Å². The number of rotatable bonds is 5. The number of hydrogen-bond acceptors (Lipinski definition) is 5. The van der Waals surface area contributed by atoms with E-state index in [4.69, 9.17) is 24.4 Å². The van der Waals surface area contributed by atoms with E-state index in [0.29, 0.717) is 17.2 Å². The Labute approximate surface area is 293 Å². The molecule has 238 valence electrons. The first-order chi connectivity index (χ1) is 25.2. The van der Waals surface area contributed by atoms with Crippen LogP contribution in [-0.4, -0.2) is 19.9 Å². The van der Waals surface area contributed by atoms with Crippen LogP contribution in [0.15, 0.2) is 174 Å². The van der Waals surface area contributed by atoms with Crippen molar-refractivity contribution in [3.05, 3.63) is 170 Å². The van der Waals surface area contributed by atoms with Crippen molar-refractivity contribution in [2.75, 3.05) is 0 Å². The van der Waals surface area contributed by atoms with Crippen LogP contribution in [0.25, 0.3) is 100 Å². The molecule has 0 atom stereocenters. The average molecular weight is 653 g/mol. The molecule has 10 rings (SSSR count). The van der Waals surface area contributed by atoms with Gasteiger partial charge in [-0.25, -0.2) is 19.9 Å². The molecule has 0 N–H and O–H groups in total. The average Bonchev–Trinajstić information content (AvgIpc) is 3.58. The monoisotopic (exact) mass is 652 g/mol. The Morgan fingerprint density at radius 3 is 1.75 bits per heavy atom. The predicted molar refractivity (Wildman–Crippen MR) is 207 cm³/mol. The predicted octanol–water partition coefficient (Wildman–Crippen LogP) is 11.8. The Morgan fingerprint density at radius 2 is 0.922 bits per heavy atom. The highest BCUT2D eigenvalue weighted by Gasteiger charge is 2.19. The van der Waals surface area contributed by atoms with Crippen molar-refractivity contribution in [2.24, 2.45) is 0 Å². The molecule has 0 fully saturated rings. The van der Waals surface area contributed by atoms with Crippen LogP contribution in [0.2, 0.25) is 0 Å². The fourth-order valence-corrected chi connectivity index (χ4v) is 6.90. The first kappa shape index (κ1) is 29.0. The van der Waals surface area contributed by atoms with E-state index < -0.39 is 0 Å². The van der Waals surface area contributed by atoms with Gasteiger partial charge in [0.25, 0.3) is 0 Å². The maximum absolute atomic E-state index is 6.66. The van der Waals surface area contributed by atoms with Crippen molar-refractivity contribution in [1.82, 2.24) is 19.9 Å². The molecule has 10 aromatic rings. The van der Waals surface area contributed by atoms with Gasteiger partial charge >= 0.3 is 0 Å². The molecule has 3 aromatic heterocycles. The number of para-hydroxylation sites is 1. The maximum atomic E-state index is 6.66. The number of hydrogen-bond donors (Lipinski definition) is 0. The zero-order valence-corrected chi connectivity index (χ0v) is 27.4. The van der Waals surface area contributed by atoms with Gasteiger partial charge in [-0.1, -0.05) is 146 Å². The normalized spacial score (nSPS) is 11.5. The van der Waals surface area contributed by atoms with Crippen LogP contribution >= 0.6 is 0 Å². The molecule has 51 heavy (non-hydrogen) atoms. The molecule has 0 spiro atoms. The second-order valence-corrected chi connectivity index (χ2v) is 12.7. The van der Waals surface area contributed by atoms with Gasteiger partial charge in [-0.3, -0.25) is 0 Å². The lowest BCUT2D eigenvalue weighted by atomic mass is 10.0. The molecular formula is C46H28N4O. The molecule has 0 saturated heterocycles. The van der Waals surface area contributed by atoms with E-state index in [1.54, 1.807) is 0 Å². The highest BCUT2D eigenvalue weighted by atomic mass is 16.3. The summed E-state index contributed by atoms with van der Waals surface area (Å²) in [7, 11) is 0. The van der Waals surface area contributed by atoms with E-state index in [9.17, 15) is 0 Å². The summed E-state index contributed by atoms with van der Waals surface area (Å²) < 4.78 is 6.66. The van der Waals surface area contributed by atoms with Gasteiger partial charge < -0.3 is 4.42 Å². The Balaban J connectivity index is 1.11. The van der Waals surface area contributed by atoms with Crippen LogP contribution < -0.4 is 0 Å². The van der Waals surface area contributed by atoms with Crippen LogP contribution in [-0.2, 0) is 0 Å². The van der Waals surface area contributed by atoms with E-state index in [1.165, 1.54) is 10.8 Å². The van der Waals surface area contributed by atoms with Crippen molar-refractivity contribution < 1.29 is 4.42 Å². The van der Waals surface area contributed by atoms with E-state index in [0.717, 1.165) is 72.2 Å². The fraction of sp³-hybridized carbons (Fsp3) is 0. The molecule has 0 amide bonds. The lowest BCUT2D eigenvalue weighted by Crippen LogP contribution is -1.96. The summed E-state index contributed by atoms with van der Waals surface area (Å²) in [6.07, 6.45) is 0. The Hall–Kier alpha value is -6.98. The number of aromatic nitrogens is 4. The minimum atomic E-state index is 0.647. The summed E-state index contributed by atoms with van der Waals surface area (Å²) in [6, 6.07) is 58.1. The topological polar surface area (TPSA) is 64.7 Å². The first-order valence-corrected chi connectivity index (χ1v) is 17.0. The molecule has 0 bridgehead atoms. The molecule has 5 nitrogen and oxygen atoms in total. The molecule has 7 aromatic carbocycles. The minimum Gasteiger partial charge on any atom is -0.452 e. The van der Waals surface area contributed by atoms with Crippen molar-refractivity contribution in [1.29, 1.82) is 0 Å². The highest BCUT2D eigenvalue weighted by Crippen LogP contribution is 2.38. The number of fused-ring (bicyclic) bond motifs is 5. The van der Waals surface area contributed by atoms with Gasteiger partial charge in [0.2, 0.25) is 0 Å². The molecule has 0 radical (unpaired) electrons. The summed E-state index contributed by atoms with van der Waals surface area (Å²) in [5.41, 5.74) is 10.8. The third kappa shape index (κ3) is 5.11. The Bertz CT molecular complexity index is 2900. The number of furan rings is 1. The maximum Gasteiger partial charge on any atom is 0.180 e. The van der Waals surface area contributed by atoms with Gasteiger partial charge in [-0.15, -0.1) is 0 Å². The van der Waals surface area contributed by atoms with Crippen LogP contribution in [0.3, 0.4) is 0 Å². The van der Waals surface area contributed by atoms with Crippen LogP contribution in [0.4, 0.5) is 0 Å². The summed E-state index contributed by atoms with van der Waals surface area (Å²) in [6.45, 7) is 0. The molecule has 0 aliphatic rings. The van der Waals surface area contributed by atoms with Crippen molar-refractivity contribution in [2.45, 2.75) is 0 Å². The highest BCUT2D eigenvalue weighted by molar-refractivity contribution is 6.08. The smallest absolute Gasteiger partial charge is 0.180 e. The Morgan fingerprint density at radius 1 is 0.353 bits per heavy atom. The molecule has 5 heteroatoms. The van der Waals surface area contributed by atoms with Gasteiger partial charge in [0.15, 0.2) is 17.2 Å². The van der Waals surface area contributed by atoms with Crippen molar-refractivity contribution >= 4 is 43.7 Å². The summed E-state index contributed by atoms with van der Waals surface area (Å²) >= 11 is 0. The molecule has 0 aliphatic heterocycles. The minimum absolute atomic E-state index is 0.647. The second kappa shape index (κ2) is 11.9. The van der Waals surface area contributed by atoms with Crippen LogP contribution in [0.5, 0.6) is 0 Å². The number of benzene rings is 7. The second-order valence-electron chi connectivity index (χ2n) is 12.7. The van der Waals surface area contributed by atoms with Crippen molar-refractivity contribution in [3.8, 4) is 56.4 Å². The third-order valence-electron chi connectivity index (χ3n) is 9.50. The third-order valence-corrected chi connectivity index (χ3v) is 9.50. The molecule has 0 saturated carbocycles. The van der Waals surface area contributed by atoms with Crippen LogP contribution in [0, 0.1) is 0 Å². The largest absolute Gasteiger partial charge is 0.452 e. The zero-order chi connectivity index (χ0) is 33.7. The SMILES string of the molecule is c1ccc(-c2nc(-c3ccc(-c4nc(-c5ccccc5)c5ccccc5n4)cc3)c3oc4cc(-c5ccc6ccccc6c5)ccc4c3n2)cc1. The summed E-state index contributed by atoms with van der Waals surface area (Å²) in [5.74, 6) is 1.32. The molecule has 0 aliphatic carbocycles. The standard InChI is InChI=1S/C46H28N4O/c1-3-12-30(13-4-1)41-37-17-9-10-18-39(37)47-45(48-41)33-22-20-31(21-23-33)42-44-43(50-46(49-42)32-14-5-2-6-15-32)38-26-25-36(28-40(38)51-44)35-24-19-29-11-7-8-16-34(29)27-35/h1-28H. The molecular weight excluding hydrogens is 625 g/mol. The quantitative estimate of drug-likeness (QED) is 0.185. The zero-order valence-electron chi connectivity index (χ0n) is 27.4.